The van der Waals surface area contributed by atoms with E-state index >= 15 is 0 Å². The first-order valence-corrected chi connectivity index (χ1v) is 13.4. The zero-order chi connectivity index (χ0) is 23.0. The van der Waals surface area contributed by atoms with Gasteiger partial charge in [0.25, 0.3) is 0 Å². The third kappa shape index (κ3) is 4.34. The first-order valence-electron chi connectivity index (χ1n) is 10.6. The fraction of sp³-hybridized carbons (Fsp3) is 0.217. The molecule has 0 bridgehead atoms. The van der Waals surface area contributed by atoms with E-state index in [1.54, 1.807) is 36.4 Å². The van der Waals surface area contributed by atoms with Gasteiger partial charge in [-0.25, -0.2) is 0 Å². The van der Waals surface area contributed by atoms with E-state index in [0.29, 0.717) is 59.2 Å². The van der Waals surface area contributed by atoms with Crippen LogP contribution < -0.4 is 15.8 Å². The molecule has 1 fully saturated rings. The van der Waals surface area contributed by atoms with Crippen molar-refractivity contribution in [3.05, 3.63) is 87.2 Å². The van der Waals surface area contributed by atoms with Gasteiger partial charge in [-0.2, -0.15) is 0 Å². The van der Waals surface area contributed by atoms with Gasteiger partial charge in [-0.15, -0.1) is 0 Å². The molecule has 1 saturated heterocycles. The van der Waals surface area contributed by atoms with Crippen molar-refractivity contribution in [3.8, 4) is 0 Å². The van der Waals surface area contributed by atoms with E-state index in [9.17, 15) is 14.1 Å². The van der Waals surface area contributed by atoms with E-state index in [1.807, 2.05) is 17.0 Å². The summed E-state index contributed by atoms with van der Waals surface area (Å²) in [5, 5.41) is 16.8. The van der Waals surface area contributed by atoms with Crippen molar-refractivity contribution in [2.24, 2.45) is 0 Å². The van der Waals surface area contributed by atoms with Crippen LogP contribution in [0.5, 0.6) is 0 Å². The first-order chi connectivity index (χ1) is 15.9. The van der Waals surface area contributed by atoms with Crippen LogP contribution >= 0.6 is 19.1 Å². The van der Waals surface area contributed by atoms with Crippen LogP contribution in [-0.2, 0) is 6.42 Å². The summed E-state index contributed by atoms with van der Waals surface area (Å²) in [6.45, 7) is 1.13. The van der Waals surface area contributed by atoms with Crippen LogP contribution in [0.1, 0.15) is 11.3 Å². The van der Waals surface area contributed by atoms with Crippen molar-refractivity contribution in [2.75, 3.05) is 30.3 Å². The summed E-state index contributed by atoms with van der Waals surface area (Å²) in [4.78, 5) is 25.6. The molecule has 7 nitrogen and oxygen atoms in total. The fourth-order valence-electron chi connectivity index (χ4n) is 4.39. The van der Waals surface area contributed by atoms with Crippen LogP contribution in [0.4, 0.5) is 10.2 Å². The molecule has 170 valence electrons. The zero-order valence-corrected chi connectivity index (χ0v) is 19.4. The summed E-state index contributed by atoms with van der Waals surface area (Å²) in [5.74, 6) is 0.313. The van der Waals surface area contributed by atoms with Gasteiger partial charge in [0.15, 0.2) is 0 Å². The number of fused-ring (bicyclic) bond motifs is 1. The van der Waals surface area contributed by atoms with Gasteiger partial charge < -0.3 is 0 Å². The Bertz CT molecular complexity index is 1370. The molecular weight excluding hydrogens is 464 g/mol. The second kappa shape index (κ2) is 8.78. The number of nitrogens with one attached hydrogen (secondary N) is 1. The van der Waals surface area contributed by atoms with Crippen LogP contribution in [0.2, 0.25) is 5.15 Å². The van der Waals surface area contributed by atoms with Crippen molar-refractivity contribution >= 4 is 41.0 Å². The summed E-state index contributed by atoms with van der Waals surface area (Å²) < 4.78 is 14.9. The van der Waals surface area contributed by atoms with Crippen LogP contribution in [0.3, 0.4) is 0 Å². The van der Waals surface area contributed by atoms with Crippen LogP contribution in [0.25, 0.3) is 10.8 Å². The SMILES string of the molecule is O=c1[nH]nc(Cc2ccc(F)c([PH]3(O)CCN(c4ccc(Cl)nn4)CC3)c2)c2ccccc12. The predicted molar refractivity (Wildman–Crippen MR) is 131 cm³/mol. The molecule has 0 amide bonds. The Balaban J connectivity index is 1.40. The van der Waals surface area contributed by atoms with Gasteiger partial charge >= 0.3 is 195 Å². The Labute approximate surface area is 194 Å². The van der Waals surface area contributed by atoms with Crippen molar-refractivity contribution in [1.82, 2.24) is 20.4 Å². The van der Waals surface area contributed by atoms with Crippen molar-refractivity contribution in [1.29, 1.82) is 0 Å². The van der Waals surface area contributed by atoms with E-state index in [4.69, 9.17) is 11.6 Å². The van der Waals surface area contributed by atoms with Gasteiger partial charge in [-0.05, 0) is 0 Å². The number of aromatic nitrogens is 4. The molecule has 1 aliphatic rings. The number of anilines is 1. The van der Waals surface area contributed by atoms with E-state index in [1.165, 1.54) is 6.07 Å². The predicted octanol–water partition coefficient (Wildman–Crippen LogP) is 2.90. The molecule has 2 N–H and O–H groups in total. The minimum absolute atomic E-state index is 0.243. The van der Waals surface area contributed by atoms with E-state index in [0.717, 1.165) is 10.9 Å². The van der Waals surface area contributed by atoms with Gasteiger partial charge in [0, 0.05) is 0 Å². The number of hydrogen-bond acceptors (Lipinski definition) is 6. The summed E-state index contributed by atoms with van der Waals surface area (Å²) in [6.07, 6.45) is 1.39. The van der Waals surface area contributed by atoms with Crippen LogP contribution in [0.15, 0.2) is 59.4 Å². The van der Waals surface area contributed by atoms with Gasteiger partial charge in [-0.1, -0.05) is 0 Å². The summed E-state index contributed by atoms with van der Waals surface area (Å²) >= 11 is 5.82. The number of benzene rings is 2. The molecule has 0 atom stereocenters. The Kier molecular flexibility index (Phi) is 5.83. The van der Waals surface area contributed by atoms with Gasteiger partial charge in [0.2, 0.25) is 0 Å². The minimum atomic E-state index is -3.02. The van der Waals surface area contributed by atoms with Gasteiger partial charge in [0.05, 0.1) is 0 Å². The quantitative estimate of drug-likeness (QED) is 0.432. The molecule has 4 aromatic rings. The third-order valence-electron chi connectivity index (χ3n) is 6.21. The Morgan fingerprint density at radius 3 is 2.55 bits per heavy atom. The molecule has 0 saturated carbocycles. The maximum atomic E-state index is 14.9. The maximum absolute atomic E-state index is 14.9. The fourth-order valence-corrected chi connectivity index (χ4v) is 7.54. The molecule has 0 aliphatic carbocycles. The standard InChI is InChI=1S/C23H22ClFN5O2P/c24-21-7-8-22(28-27-21)30-9-11-33(32,12-10-30)20-14-15(5-6-18(20)25)13-19-16-3-1-2-4-17(16)23(31)29-26-19/h1-8,14,32-33H,9-13H2,(H,29,31). The molecule has 0 radical (unpaired) electrons. The number of rotatable bonds is 4. The second-order valence-corrected chi connectivity index (χ2v) is 12.3. The molecule has 2 aromatic carbocycles. The number of nitrogens with zero attached hydrogens (tertiary/aromatic N) is 4. The van der Waals surface area contributed by atoms with E-state index < -0.39 is 7.49 Å². The molecule has 33 heavy (non-hydrogen) atoms. The number of halogens is 2. The van der Waals surface area contributed by atoms with Gasteiger partial charge in [0.1, 0.15) is 0 Å². The molecule has 0 spiro atoms. The van der Waals surface area contributed by atoms with Crippen molar-refractivity contribution < 1.29 is 9.28 Å². The Morgan fingerprint density at radius 2 is 1.82 bits per heavy atom. The average molecular weight is 486 g/mol. The van der Waals surface area contributed by atoms with Crippen LogP contribution in [0, 0.1) is 5.82 Å². The molecule has 1 aliphatic heterocycles. The Morgan fingerprint density at radius 1 is 1.06 bits per heavy atom. The van der Waals surface area contributed by atoms with E-state index in [-0.39, 0.29) is 11.4 Å². The summed E-state index contributed by atoms with van der Waals surface area (Å²) in [7, 11) is -3.02. The van der Waals surface area contributed by atoms with Crippen molar-refractivity contribution in [3.63, 3.8) is 0 Å². The molecule has 3 heterocycles. The molecule has 5 rings (SSSR count). The number of hydrogen-bond donors (Lipinski definition) is 2. The summed E-state index contributed by atoms with van der Waals surface area (Å²) in [6, 6.07) is 15.6. The third-order valence-corrected chi connectivity index (χ3v) is 9.90. The zero-order valence-electron chi connectivity index (χ0n) is 17.6. The van der Waals surface area contributed by atoms with Gasteiger partial charge in [-0.3, -0.25) is 0 Å². The second-order valence-electron chi connectivity index (χ2n) is 8.27. The number of aromatic amines is 1. The molecular formula is C23H22ClFN5O2P. The monoisotopic (exact) mass is 485 g/mol. The normalized spacial score (nSPS) is 16.6. The van der Waals surface area contributed by atoms with Crippen molar-refractivity contribution in [2.45, 2.75) is 6.42 Å². The summed E-state index contributed by atoms with van der Waals surface area (Å²) in [5.41, 5.74) is 1.29. The topological polar surface area (TPSA) is 95.0 Å². The Hall–Kier alpha value is -2.93. The number of H-pyrrole nitrogens is 1. The van der Waals surface area contributed by atoms with Crippen LogP contribution in [-0.4, -0.2) is 50.7 Å². The molecule has 2 aromatic heterocycles. The first kappa shape index (κ1) is 21.9. The average Bonchev–Trinajstić information content (AvgIpc) is 2.83. The van der Waals surface area contributed by atoms with E-state index in [2.05, 4.69) is 20.4 Å². The molecule has 10 heteroatoms. The molecule has 0 unspecified atom stereocenters.